The Labute approximate surface area is 116 Å². The fourth-order valence-corrected chi connectivity index (χ4v) is 2.63. The van der Waals surface area contributed by atoms with Crippen LogP contribution in [0.5, 0.6) is 0 Å². The van der Waals surface area contributed by atoms with E-state index in [1.807, 2.05) is 0 Å². The Morgan fingerprint density at radius 1 is 1.37 bits per heavy atom. The van der Waals surface area contributed by atoms with Crippen LogP contribution >= 0.6 is 0 Å². The number of hydrogen-bond acceptors (Lipinski definition) is 2. The molecule has 1 aliphatic rings. The maximum Gasteiger partial charge on any atom is 0.103 e. The normalized spacial score (nSPS) is 17.2. The molecule has 0 bridgehead atoms. The Hall–Kier alpha value is -1.28. The molecule has 1 atom stereocenters. The van der Waals surface area contributed by atoms with E-state index in [2.05, 4.69) is 43.1 Å². The van der Waals surface area contributed by atoms with Gasteiger partial charge in [-0.05, 0) is 30.4 Å². The van der Waals surface area contributed by atoms with Crippen LogP contribution in [0.1, 0.15) is 49.8 Å². The van der Waals surface area contributed by atoms with Crippen LogP contribution in [-0.4, -0.2) is 13.2 Å². The summed E-state index contributed by atoms with van der Waals surface area (Å²) in [6.07, 6.45) is 5.95. The highest BCUT2D eigenvalue weighted by atomic mass is 16.5. The maximum absolute atomic E-state index is 5.63. The summed E-state index contributed by atoms with van der Waals surface area (Å²) < 4.78 is 5.63. The highest BCUT2D eigenvalue weighted by Crippen LogP contribution is 2.30. The maximum atomic E-state index is 5.63. The molecule has 0 aromatic heterocycles. The lowest BCUT2D eigenvalue weighted by atomic mass is 10.1. The second kappa shape index (κ2) is 7.34. The second-order valence-corrected chi connectivity index (χ2v) is 5.27. The number of rotatable bonds is 8. The molecule has 1 aromatic carbocycles. The smallest absolute Gasteiger partial charge is 0.103 e. The second-order valence-electron chi connectivity index (χ2n) is 5.27. The van der Waals surface area contributed by atoms with E-state index in [0.717, 1.165) is 25.3 Å². The summed E-state index contributed by atoms with van der Waals surface area (Å²) in [5.74, 6) is 0.862. The van der Waals surface area contributed by atoms with E-state index in [0.29, 0.717) is 6.04 Å². The molecular formula is C17H25NO. The number of ether oxygens (including phenoxy) is 1. The van der Waals surface area contributed by atoms with Gasteiger partial charge in [0.15, 0.2) is 0 Å². The zero-order chi connectivity index (χ0) is 13.5. The summed E-state index contributed by atoms with van der Waals surface area (Å²) in [5, 5.41) is 3.55. The topological polar surface area (TPSA) is 21.3 Å². The van der Waals surface area contributed by atoms with Gasteiger partial charge in [-0.3, -0.25) is 0 Å². The molecule has 0 saturated carbocycles. The van der Waals surface area contributed by atoms with Crippen LogP contribution in [0.25, 0.3) is 0 Å². The first-order valence-corrected chi connectivity index (χ1v) is 7.43. The van der Waals surface area contributed by atoms with E-state index in [1.165, 1.54) is 36.8 Å². The molecule has 1 N–H and O–H groups in total. The van der Waals surface area contributed by atoms with E-state index < -0.39 is 0 Å². The highest BCUT2D eigenvalue weighted by molar-refractivity contribution is 5.34. The van der Waals surface area contributed by atoms with Crippen LogP contribution in [0, 0.1) is 0 Å². The Kier molecular flexibility index (Phi) is 5.46. The number of nitrogens with one attached hydrogen (secondary N) is 1. The van der Waals surface area contributed by atoms with Crippen LogP contribution in [0.4, 0.5) is 0 Å². The summed E-state index contributed by atoms with van der Waals surface area (Å²) in [4.78, 5) is 0. The molecule has 2 nitrogen and oxygen atoms in total. The quantitative estimate of drug-likeness (QED) is 0.563. The number of unbranched alkanes of at least 4 members (excludes halogenated alkanes) is 2. The molecule has 2 rings (SSSR count). The van der Waals surface area contributed by atoms with Crippen LogP contribution < -0.4 is 5.32 Å². The van der Waals surface area contributed by atoms with Crippen LogP contribution in [0.15, 0.2) is 36.6 Å². The van der Waals surface area contributed by atoms with Crippen molar-refractivity contribution in [2.24, 2.45) is 0 Å². The molecule has 2 heteroatoms. The summed E-state index contributed by atoms with van der Waals surface area (Å²) in [7, 11) is 0. The molecule has 19 heavy (non-hydrogen) atoms. The third kappa shape index (κ3) is 4.10. The van der Waals surface area contributed by atoms with Gasteiger partial charge in [0.1, 0.15) is 5.76 Å². The summed E-state index contributed by atoms with van der Waals surface area (Å²) >= 11 is 0. The van der Waals surface area contributed by atoms with Crippen molar-refractivity contribution in [2.45, 2.75) is 45.1 Å². The SMILES string of the molecule is C=C(CNC1CCc2ccccc21)OCCCCC. The number of fused-ring (bicyclic) bond motifs is 1. The number of benzene rings is 1. The predicted molar refractivity (Wildman–Crippen MR) is 80.1 cm³/mol. The van der Waals surface area contributed by atoms with Crippen LogP contribution in [-0.2, 0) is 11.2 Å². The van der Waals surface area contributed by atoms with E-state index in [9.17, 15) is 0 Å². The van der Waals surface area contributed by atoms with Gasteiger partial charge in [-0.15, -0.1) is 0 Å². The first kappa shape index (κ1) is 14.1. The van der Waals surface area contributed by atoms with Crippen LogP contribution in [0.2, 0.25) is 0 Å². The van der Waals surface area contributed by atoms with Crippen molar-refractivity contribution in [3.63, 3.8) is 0 Å². The lowest BCUT2D eigenvalue weighted by molar-refractivity contribution is 0.198. The van der Waals surface area contributed by atoms with Crippen molar-refractivity contribution in [2.75, 3.05) is 13.2 Å². The Morgan fingerprint density at radius 3 is 3.05 bits per heavy atom. The fourth-order valence-electron chi connectivity index (χ4n) is 2.63. The van der Waals surface area contributed by atoms with Gasteiger partial charge in [0.25, 0.3) is 0 Å². The monoisotopic (exact) mass is 259 g/mol. The highest BCUT2D eigenvalue weighted by Gasteiger charge is 2.21. The molecule has 104 valence electrons. The number of hydrogen-bond donors (Lipinski definition) is 1. The molecule has 0 fully saturated rings. The first-order chi connectivity index (χ1) is 9.31. The molecular weight excluding hydrogens is 234 g/mol. The predicted octanol–water partition coefficient (Wildman–Crippen LogP) is 3.98. The Balaban J connectivity index is 1.70. The molecule has 0 spiro atoms. The lowest BCUT2D eigenvalue weighted by Crippen LogP contribution is -2.22. The molecule has 1 unspecified atom stereocenters. The van der Waals surface area contributed by atoms with Crippen molar-refractivity contribution in [1.29, 1.82) is 0 Å². The van der Waals surface area contributed by atoms with Gasteiger partial charge >= 0.3 is 0 Å². The molecule has 0 heterocycles. The molecule has 0 saturated heterocycles. The molecule has 1 aromatic rings. The third-order valence-electron chi connectivity index (χ3n) is 3.73. The van der Waals surface area contributed by atoms with E-state index >= 15 is 0 Å². The van der Waals surface area contributed by atoms with E-state index in [4.69, 9.17) is 4.74 Å². The fraction of sp³-hybridized carbons (Fsp3) is 0.529. The summed E-state index contributed by atoms with van der Waals surface area (Å²) in [5.41, 5.74) is 2.93. The van der Waals surface area contributed by atoms with Gasteiger partial charge in [-0.2, -0.15) is 0 Å². The van der Waals surface area contributed by atoms with E-state index in [-0.39, 0.29) is 0 Å². The van der Waals surface area contributed by atoms with Crippen LogP contribution in [0.3, 0.4) is 0 Å². The van der Waals surface area contributed by atoms with Crippen molar-refractivity contribution in [1.82, 2.24) is 5.32 Å². The standard InChI is InChI=1S/C17H25NO/c1-3-4-7-12-19-14(2)13-18-17-11-10-15-8-5-6-9-16(15)17/h5-6,8-9,17-18H,2-4,7,10-13H2,1H3. The minimum atomic E-state index is 0.465. The third-order valence-corrected chi connectivity index (χ3v) is 3.73. The number of aryl methyl sites for hydroxylation is 1. The minimum Gasteiger partial charge on any atom is -0.497 e. The van der Waals surface area contributed by atoms with Gasteiger partial charge in [0.2, 0.25) is 0 Å². The molecule has 0 amide bonds. The Bertz CT molecular complexity index is 413. The largest absolute Gasteiger partial charge is 0.497 e. The molecule has 0 radical (unpaired) electrons. The van der Waals surface area contributed by atoms with Gasteiger partial charge in [-0.25, -0.2) is 0 Å². The lowest BCUT2D eigenvalue weighted by Gasteiger charge is -2.16. The van der Waals surface area contributed by atoms with Crippen molar-refractivity contribution >= 4 is 0 Å². The Morgan fingerprint density at radius 2 is 2.21 bits per heavy atom. The molecule has 1 aliphatic carbocycles. The summed E-state index contributed by atoms with van der Waals surface area (Å²) in [6, 6.07) is 9.16. The average Bonchev–Trinajstić information content (AvgIpc) is 2.85. The summed E-state index contributed by atoms with van der Waals surface area (Å²) in [6.45, 7) is 7.74. The molecule has 0 aliphatic heterocycles. The van der Waals surface area contributed by atoms with Gasteiger partial charge in [0, 0.05) is 6.04 Å². The van der Waals surface area contributed by atoms with Crippen molar-refractivity contribution in [3.05, 3.63) is 47.7 Å². The minimum absolute atomic E-state index is 0.465. The van der Waals surface area contributed by atoms with Crippen molar-refractivity contribution in [3.8, 4) is 0 Å². The van der Waals surface area contributed by atoms with E-state index in [1.54, 1.807) is 0 Å². The zero-order valence-electron chi connectivity index (χ0n) is 12.0. The van der Waals surface area contributed by atoms with Crippen molar-refractivity contribution < 1.29 is 4.74 Å². The van der Waals surface area contributed by atoms with Gasteiger partial charge in [-0.1, -0.05) is 50.6 Å². The average molecular weight is 259 g/mol. The first-order valence-electron chi connectivity index (χ1n) is 7.43. The van der Waals surface area contributed by atoms with Gasteiger partial charge < -0.3 is 10.1 Å². The zero-order valence-corrected chi connectivity index (χ0v) is 12.0. The van der Waals surface area contributed by atoms with Gasteiger partial charge in [0.05, 0.1) is 13.2 Å².